The number of nitrogens with zero attached hydrogens (tertiary/aromatic N) is 1. The van der Waals surface area contributed by atoms with Crippen LogP contribution in [0.25, 0.3) is 0 Å². The van der Waals surface area contributed by atoms with Gasteiger partial charge in [0.05, 0.1) is 5.69 Å². The summed E-state index contributed by atoms with van der Waals surface area (Å²) < 4.78 is 1.19. The summed E-state index contributed by atoms with van der Waals surface area (Å²) in [5, 5.41) is 3.35. The highest BCUT2D eigenvalue weighted by atomic mass is 79.9. The monoisotopic (exact) mass is 312 g/mol. The molecule has 0 spiro atoms. The molecule has 0 radical (unpaired) electrons. The first kappa shape index (κ1) is 15.5. The molecule has 0 fully saturated rings. The van der Waals surface area contributed by atoms with Crippen LogP contribution < -0.4 is 10.2 Å². The number of unbranched alkanes of at least 4 members (excludes halogenated alkanes) is 2. The van der Waals surface area contributed by atoms with Crippen LogP contribution in [0.3, 0.4) is 0 Å². The van der Waals surface area contributed by atoms with Gasteiger partial charge in [0.15, 0.2) is 0 Å². The summed E-state index contributed by atoms with van der Waals surface area (Å²) in [4.78, 5) is 2.33. The zero-order valence-electron chi connectivity index (χ0n) is 11.8. The molecule has 2 nitrogen and oxygen atoms in total. The molecule has 3 heteroatoms. The smallest absolute Gasteiger partial charge is 0.0508 e. The maximum absolute atomic E-state index is 3.68. The van der Waals surface area contributed by atoms with Gasteiger partial charge in [0.2, 0.25) is 0 Å². The summed E-state index contributed by atoms with van der Waals surface area (Å²) in [5.41, 5.74) is 2.61. The van der Waals surface area contributed by atoms with Crippen LogP contribution in [0.5, 0.6) is 0 Å². The minimum absolute atomic E-state index is 0.939. The van der Waals surface area contributed by atoms with Gasteiger partial charge in [0.1, 0.15) is 0 Å². The van der Waals surface area contributed by atoms with E-state index in [9.17, 15) is 0 Å². The molecule has 18 heavy (non-hydrogen) atoms. The Morgan fingerprint density at radius 2 is 2.00 bits per heavy atom. The summed E-state index contributed by atoms with van der Waals surface area (Å²) in [7, 11) is 2.17. The predicted molar refractivity (Wildman–Crippen MR) is 84.3 cm³/mol. The molecule has 0 bridgehead atoms. The Hall–Kier alpha value is -0.540. The molecule has 0 aliphatic carbocycles. The Balaban J connectivity index is 2.60. The average molecular weight is 313 g/mol. The molecule has 1 aromatic carbocycles. The van der Waals surface area contributed by atoms with E-state index in [0.29, 0.717) is 0 Å². The van der Waals surface area contributed by atoms with Crippen molar-refractivity contribution in [3.63, 3.8) is 0 Å². The van der Waals surface area contributed by atoms with Crippen molar-refractivity contribution in [3.8, 4) is 0 Å². The number of hydrogen-bond donors (Lipinski definition) is 1. The molecule has 1 rings (SSSR count). The van der Waals surface area contributed by atoms with Crippen molar-refractivity contribution in [2.45, 2.75) is 39.7 Å². The number of halogens is 1. The average Bonchev–Trinajstić information content (AvgIpc) is 2.36. The lowest BCUT2D eigenvalue weighted by molar-refractivity contribution is 0.704. The highest BCUT2D eigenvalue weighted by molar-refractivity contribution is 9.10. The Morgan fingerprint density at radius 3 is 2.61 bits per heavy atom. The molecule has 0 atom stereocenters. The lowest BCUT2D eigenvalue weighted by Crippen LogP contribution is -2.19. The van der Waals surface area contributed by atoms with Crippen LogP contribution in [0.4, 0.5) is 5.69 Å². The third-order valence-electron chi connectivity index (χ3n) is 3.10. The first-order valence-electron chi connectivity index (χ1n) is 6.89. The van der Waals surface area contributed by atoms with Crippen LogP contribution in [-0.4, -0.2) is 20.1 Å². The normalized spacial score (nSPS) is 10.7. The van der Waals surface area contributed by atoms with E-state index in [1.807, 2.05) is 0 Å². The second-order valence-electron chi connectivity index (χ2n) is 4.69. The van der Waals surface area contributed by atoms with Crippen molar-refractivity contribution in [3.05, 3.63) is 28.2 Å². The van der Waals surface area contributed by atoms with Crippen LogP contribution in [0.2, 0.25) is 0 Å². The molecule has 102 valence electrons. The SMILES string of the molecule is CCCCCN(C)c1ccc(CNCC)cc1Br. The van der Waals surface area contributed by atoms with Crippen molar-refractivity contribution < 1.29 is 0 Å². The van der Waals surface area contributed by atoms with Crippen LogP contribution in [0.15, 0.2) is 22.7 Å². The molecule has 0 saturated carbocycles. The molecule has 1 aromatic rings. The molecule has 1 N–H and O–H groups in total. The van der Waals surface area contributed by atoms with Gasteiger partial charge in [-0.3, -0.25) is 0 Å². The fourth-order valence-electron chi connectivity index (χ4n) is 1.96. The summed E-state index contributed by atoms with van der Waals surface area (Å²) in [6.45, 7) is 7.45. The van der Waals surface area contributed by atoms with E-state index in [-0.39, 0.29) is 0 Å². The van der Waals surface area contributed by atoms with Gasteiger partial charge < -0.3 is 10.2 Å². The third-order valence-corrected chi connectivity index (χ3v) is 3.73. The van der Waals surface area contributed by atoms with E-state index in [0.717, 1.165) is 19.6 Å². The van der Waals surface area contributed by atoms with Crippen molar-refractivity contribution in [1.82, 2.24) is 5.32 Å². The molecule has 0 amide bonds. The van der Waals surface area contributed by atoms with E-state index in [2.05, 4.69) is 65.2 Å². The number of benzene rings is 1. The van der Waals surface area contributed by atoms with E-state index in [1.165, 1.54) is 35.0 Å². The largest absolute Gasteiger partial charge is 0.374 e. The number of hydrogen-bond acceptors (Lipinski definition) is 2. The lowest BCUT2D eigenvalue weighted by atomic mass is 10.2. The van der Waals surface area contributed by atoms with E-state index in [4.69, 9.17) is 0 Å². The first-order valence-corrected chi connectivity index (χ1v) is 7.68. The molecular formula is C15H25BrN2. The minimum Gasteiger partial charge on any atom is -0.374 e. The van der Waals surface area contributed by atoms with E-state index in [1.54, 1.807) is 0 Å². The summed E-state index contributed by atoms with van der Waals surface area (Å²) >= 11 is 3.68. The van der Waals surface area contributed by atoms with Crippen LogP contribution in [0, 0.1) is 0 Å². The van der Waals surface area contributed by atoms with E-state index >= 15 is 0 Å². The molecule has 0 aliphatic heterocycles. The van der Waals surface area contributed by atoms with Gasteiger partial charge in [-0.25, -0.2) is 0 Å². The standard InChI is InChI=1S/C15H25BrN2/c1-4-6-7-10-18(3)15-9-8-13(11-14(15)16)12-17-5-2/h8-9,11,17H,4-7,10,12H2,1-3H3. The van der Waals surface area contributed by atoms with Crippen molar-refractivity contribution in [1.29, 1.82) is 0 Å². The van der Waals surface area contributed by atoms with Gasteiger partial charge >= 0.3 is 0 Å². The zero-order valence-corrected chi connectivity index (χ0v) is 13.4. The maximum Gasteiger partial charge on any atom is 0.0508 e. The Kier molecular flexibility index (Phi) is 7.36. The van der Waals surface area contributed by atoms with Gasteiger partial charge in [-0.15, -0.1) is 0 Å². The van der Waals surface area contributed by atoms with Gasteiger partial charge in [0.25, 0.3) is 0 Å². The molecule has 0 heterocycles. The van der Waals surface area contributed by atoms with E-state index < -0.39 is 0 Å². The molecule has 0 saturated heterocycles. The summed E-state index contributed by atoms with van der Waals surface area (Å²) in [5.74, 6) is 0. The van der Waals surface area contributed by atoms with Crippen molar-refractivity contribution >= 4 is 21.6 Å². The molecule has 0 unspecified atom stereocenters. The zero-order chi connectivity index (χ0) is 13.4. The van der Waals surface area contributed by atoms with Gasteiger partial charge in [-0.2, -0.15) is 0 Å². The van der Waals surface area contributed by atoms with Crippen LogP contribution in [0.1, 0.15) is 38.7 Å². The summed E-state index contributed by atoms with van der Waals surface area (Å²) in [6.07, 6.45) is 3.84. The lowest BCUT2D eigenvalue weighted by Gasteiger charge is -2.21. The Bertz CT molecular complexity index is 352. The third kappa shape index (κ3) is 4.99. The predicted octanol–water partition coefficient (Wildman–Crippen LogP) is 4.19. The van der Waals surface area contributed by atoms with Crippen molar-refractivity contribution in [2.24, 2.45) is 0 Å². The van der Waals surface area contributed by atoms with Gasteiger partial charge in [-0.05, 0) is 46.6 Å². The number of rotatable bonds is 8. The maximum atomic E-state index is 3.68. The van der Waals surface area contributed by atoms with Crippen LogP contribution >= 0.6 is 15.9 Å². The molecule has 0 aromatic heterocycles. The van der Waals surface area contributed by atoms with Gasteiger partial charge in [0, 0.05) is 24.6 Å². The topological polar surface area (TPSA) is 15.3 Å². The van der Waals surface area contributed by atoms with Crippen molar-refractivity contribution in [2.75, 3.05) is 25.0 Å². The second kappa shape index (κ2) is 8.54. The molecule has 0 aliphatic rings. The minimum atomic E-state index is 0.939. The highest BCUT2D eigenvalue weighted by Crippen LogP contribution is 2.26. The second-order valence-corrected chi connectivity index (χ2v) is 5.55. The first-order chi connectivity index (χ1) is 8.69. The van der Waals surface area contributed by atoms with Crippen LogP contribution in [-0.2, 0) is 6.54 Å². The van der Waals surface area contributed by atoms with Gasteiger partial charge in [-0.1, -0.05) is 32.8 Å². The fraction of sp³-hybridized carbons (Fsp3) is 0.600. The highest BCUT2D eigenvalue weighted by Gasteiger charge is 2.06. The molecular weight excluding hydrogens is 288 g/mol. The fourth-order valence-corrected chi connectivity index (χ4v) is 2.69. The Labute approximate surface area is 120 Å². The number of anilines is 1. The Morgan fingerprint density at radius 1 is 1.22 bits per heavy atom. The quantitative estimate of drug-likeness (QED) is 0.724. The summed E-state index contributed by atoms with van der Waals surface area (Å²) in [6, 6.07) is 6.64. The number of nitrogens with one attached hydrogen (secondary N) is 1.